The zero-order valence-corrected chi connectivity index (χ0v) is 21.7. The number of nitrogens with zero attached hydrogens (tertiary/aromatic N) is 2. The molecule has 1 fully saturated rings. The Morgan fingerprint density at radius 2 is 1.42 bits per heavy atom. The molecule has 3 aromatic carbocycles. The summed E-state index contributed by atoms with van der Waals surface area (Å²) in [5.74, 6) is -1.18. The Morgan fingerprint density at radius 1 is 0.921 bits per heavy atom. The van der Waals surface area contributed by atoms with Crippen molar-refractivity contribution in [1.29, 1.82) is 0 Å². The van der Waals surface area contributed by atoms with E-state index in [-0.39, 0.29) is 17.5 Å². The lowest BCUT2D eigenvalue weighted by Crippen LogP contribution is -2.38. The number of nitrogens with one attached hydrogen (secondary N) is 1. The van der Waals surface area contributed by atoms with Gasteiger partial charge in [0.15, 0.2) is 5.13 Å². The molecule has 1 aliphatic rings. The van der Waals surface area contributed by atoms with Crippen LogP contribution in [0.4, 0.5) is 5.13 Å². The minimum Gasteiger partial charge on any atom is -0.476 e. The van der Waals surface area contributed by atoms with E-state index in [0.717, 1.165) is 42.4 Å². The first-order valence-corrected chi connectivity index (χ1v) is 13.5. The van der Waals surface area contributed by atoms with Gasteiger partial charge in [-0.3, -0.25) is 0 Å². The van der Waals surface area contributed by atoms with E-state index in [1.54, 1.807) is 5.38 Å². The second-order valence-corrected chi connectivity index (χ2v) is 10.2. The number of allylic oxidation sites excluding steroid dienone is 1. The van der Waals surface area contributed by atoms with E-state index >= 15 is 0 Å². The summed E-state index contributed by atoms with van der Waals surface area (Å²) in [6.45, 7) is 4.02. The third kappa shape index (κ3) is 5.38. The minimum atomic E-state index is -1.18. The Bertz CT molecular complexity index is 1310. The van der Waals surface area contributed by atoms with Crippen LogP contribution in [0.2, 0.25) is 0 Å². The van der Waals surface area contributed by atoms with Gasteiger partial charge in [-0.25, -0.2) is 9.78 Å². The molecular weight excluding hydrogens is 494 g/mol. The van der Waals surface area contributed by atoms with E-state index in [9.17, 15) is 9.90 Å². The van der Waals surface area contributed by atoms with E-state index in [4.69, 9.17) is 4.84 Å². The molecule has 0 bridgehead atoms. The summed E-state index contributed by atoms with van der Waals surface area (Å²) in [4.78, 5) is 22.4. The molecule has 1 saturated carbocycles. The molecule has 5 rings (SSSR count). The molecule has 0 spiro atoms. The number of carbonyl (C=O) groups is 1. The fourth-order valence-electron chi connectivity index (χ4n) is 4.81. The highest BCUT2D eigenvalue weighted by Gasteiger charge is 2.37. The van der Waals surface area contributed by atoms with Gasteiger partial charge in [-0.15, -0.1) is 11.3 Å². The van der Waals surface area contributed by atoms with Crippen molar-refractivity contribution in [1.82, 2.24) is 4.98 Å². The van der Waals surface area contributed by atoms with Gasteiger partial charge in [0, 0.05) is 5.38 Å². The average molecular weight is 524 g/mol. The number of rotatable bonds is 9. The molecular formula is C31H29N3O3S. The lowest BCUT2D eigenvalue weighted by Gasteiger charge is -2.36. The Labute approximate surface area is 226 Å². The van der Waals surface area contributed by atoms with Gasteiger partial charge in [0.1, 0.15) is 17.3 Å². The van der Waals surface area contributed by atoms with Gasteiger partial charge in [-0.2, -0.15) is 0 Å². The van der Waals surface area contributed by atoms with Gasteiger partial charge in [-0.05, 0) is 42.4 Å². The zero-order chi connectivity index (χ0) is 26.4. The SMILES string of the molecule is C=C1CCC(O/N=C(\C(=O)O)c2csc(NC(c3ccccc3)(c3ccccc3)c3ccccc3)n2)CC1. The van der Waals surface area contributed by atoms with Gasteiger partial charge < -0.3 is 15.3 Å². The van der Waals surface area contributed by atoms with Gasteiger partial charge in [0.05, 0.1) is 0 Å². The quantitative estimate of drug-likeness (QED) is 0.108. The first-order chi connectivity index (χ1) is 18.6. The number of carboxylic acids is 1. The smallest absolute Gasteiger partial charge is 0.360 e. The second-order valence-electron chi connectivity index (χ2n) is 9.31. The Balaban J connectivity index is 1.53. The fraction of sp³-hybridized carbons (Fsp3) is 0.194. The zero-order valence-electron chi connectivity index (χ0n) is 20.9. The van der Waals surface area contributed by atoms with E-state index < -0.39 is 11.5 Å². The van der Waals surface area contributed by atoms with Crippen LogP contribution in [0.25, 0.3) is 0 Å². The number of aliphatic carboxylic acids is 1. The lowest BCUT2D eigenvalue weighted by molar-refractivity contribution is -0.129. The van der Waals surface area contributed by atoms with Crippen LogP contribution in [0.15, 0.2) is 114 Å². The van der Waals surface area contributed by atoms with Crippen LogP contribution in [-0.2, 0) is 15.2 Å². The number of thiazole rings is 1. The van der Waals surface area contributed by atoms with Crippen LogP contribution in [0.3, 0.4) is 0 Å². The van der Waals surface area contributed by atoms with Crippen molar-refractivity contribution in [3.05, 3.63) is 131 Å². The summed E-state index contributed by atoms with van der Waals surface area (Å²) >= 11 is 1.33. The van der Waals surface area contributed by atoms with Crippen molar-refractivity contribution in [2.24, 2.45) is 5.16 Å². The number of oxime groups is 1. The Kier molecular flexibility index (Phi) is 7.65. The predicted octanol–water partition coefficient (Wildman–Crippen LogP) is 6.85. The standard InChI is InChI=1S/C31H29N3O3S/c1-22-17-19-26(20-18-22)37-34-28(29(35)36)27-21-38-30(32-27)33-31(23-11-5-2-6-12-23,24-13-7-3-8-14-24)25-15-9-4-10-16-25/h2-16,21,26H,1,17-20H2,(H,32,33)(H,35,36)/b34-28-. The monoisotopic (exact) mass is 523 g/mol. The molecule has 4 aromatic rings. The number of anilines is 1. The molecule has 0 radical (unpaired) electrons. The molecule has 7 heteroatoms. The van der Waals surface area contributed by atoms with Gasteiger partial charge in [0.25, 0.3) is 0 Å². The fourth-order valence-corrected chi connectivity index (χ4v) is 5.56. The highest BCUT2D eigenvalue weighted by molar-refractivity contribution is 7.14. The summed E-state index contributed by atoms with van der Waals surface area (Å²) in [5.41, 5.74) is 3.58. The molecule has 2 N–H and O–H groups in total. The summed E-state index contributed by atoms with van der Waals surface area (Å²) in [6, 6.07) is 30.5. The topological polar surface area (TPSA) is 83.8 Å². The highest BCUT2D eigenvalue weighted by atomic mass is 32.1. The first-order valence-electron chi connectivity index (χ1n) is 12.6. The molecule has 0 amide bonds. The van der Waals surface area contributed by atoms with Crippen molar-refractivity contribution in [2.45, 2.75) is 37.3 Å². The Hall–Kier alpha value is -4.23. The molecule has 6 nitrogen and oxygen atoms in total. The van der Waals surface area contributed by atoms with E-state index in [2.05, 4.69) is 58.4 Å². The number of hydrogen-bond acceptors (Lipinski definition) is 6. The molecule has 0 unspecified atom stereocenters. The average Bonchev–Trinajstić information content (AvgIpc) is 3.42. The van der Waals surface area contributed by atoms with Crippen LogP contribution < -0.4 is 5.32 Å². The van der Waals surface area contributed by atoms with Gasteiger partial charge in [0.2, 0.25) is 5.71 Å². The molecule has 192 valence electrons. The van der Waals surface area contributed by atoms with Crippen LogP contribution in [-0.4, -0.2) is 27.9 Å². The van der Waals surface area contributed by atoms with Crippen molar-refractivity contribution < 1.29 is 14.7 Å². The number of benzene rings is 3. The van der Waals surface area contributed by atoms with E-state index in [1.165, 1.54) is 16.9 Å². The van der Waals surface area contributed by atoms with E-state index in [1.807, 2.05) is 54.6 Å². The Morgan fingerprint density at radius 3 is 1.89 bits per heavy atom. The maximum atomic E-state index is 12.1. The molecule has 1 aliphatic carbocycles. The van der Waals surface area contributed by atoms with Crippen LogP contribution in [0.1, 0.15) is 48.1 Å². The lowest BCUT2D eigenvalue weighted by atomic mass is 9.77. The molecule has 38 heavy (non-hydrogen) atoms. The molecule has 0 saturated heterocycles. The van der Waals surface area contributed by atoms with Gasteiger partial charge in [-0.1, -0.05) is 108 Å². The third-order valence-corrected chi connectivity index (χ3v) is 7.55. The van der Waals surface area contributed by atoms with Gasteiger partial charge >= 0.3 is 5.97 Å². The number of aromatic nitrogens is 1. The van der Waals surface area contributed by atoms with E-state index in [0.29, 0.717) is 5.13 Å². The maximum absolute atomic E-state index is 12.1. The second kappa shape index (κ2) is 11.4. The summed E-state index contributed by atoms with van der Waals surface area (Å²) in [6.07, 6.45) is 3.19. The van der Waals surface area contributed by atoms with Crippen LogP contribution in [0.5, 0.6) is 0 Å². The largest absolute Gasteiger partial charge is 0.476 e. The van der Waals surface area contributed by atoms with Crippen LogP contribution >= 0.6 is 11.3 Å². The maximum Gasteiger partial charge on any atom is 0.360 e. The first kappa shape index (κ1) is 25.4. The highest BCUT2D eigenvalue weighted by Crippen LogP contribution is 2.40. The molecule has 0 aliphatic heterocycles. The molecule has 1 heterocycles. The van der Waals surface area contributed by atoms with Crippen molar-refractivity contribution in [3.8, 4) is 0 Å². The minimum absolute atomic E-state index is 0.118. The molecule has 1 aromatic heterocycles. The van der Waals surface area contributed by atoms with Crippen LogP contribution in [0, 0.1) is 0 Å². The van der Waals surface area contributed by atoms with Crippen molar-refractivity contribution in [3.63, 3.8) is 0 Å². The number of hydrogen-bond donors (Lipinski definition) is 2. The summed E-state index contributed by atoms with van der Waals surface area (Å²) in [7, 11) is 0. The summed E-state index contributed by atoms with van der Waals surface area (Å²) < 4.78 is 0. The number of carboxylic acid groups (broad SMARTS) is 1. The van der Waals surface area contributed by atoms with Crippen molar-refractivity contribution in [2.75, 3.05) is 5.32 Å². The molecule has 0 atom stereocenters. The normalized spacial score (nSPS) is 14.7. The predicted molar refractivity (Wildman–Crippen MR) is 152 cm³/mol. The summed E-state index contributed by atoms with van der Waals surface area (Å²) in [5, 5.41) is 19.9. The third-order valence-electron chi connectivity index (χ3n) is 6.80. The van der Waals surface area contributed by atoms with Crippen molar-refractivity contribution >= 4 is 28.1 Å².